The summed E-state index contributed by atoms with van der Waals surface area (Å²) < 4.78 is 19.8. The van der Waals surface area contributed by atoms with Gasteiger partial charge in [0.2, 0.25) is 0 Å². The molecular formula is C56H48N8O16. The van der Waals surface area contributed by atoms with Crippen LogP contribution in [-0.2, 0) is 0 Å². The molecule has 8 rings (SSSR count). The molecule has 8 aromatic rings. The molecule has 0 fully saturated rings. The second kappa shape index (κ2) is 29.5. The van der Waals surface area contributed by atoms with E-state index < -0.39 is 19.7 Å². The average Bonchev–Trinajstić information content (AvgIpc) is 3.46. The molecule has 0 saturated heterocycles. The maximum atomic E-state index is 11.0. The zero-order valence-corrected chi connectivity index (χ0v) is 42.7. The number of methoxy groups -OCH3 is 4. The van der Waals surface area contributed by atoms with Crippen LogP contribution in [0.15, 0.2) is 190 Å². The number of para-hydroxylation sites is 4. The Hall–Kier alpha value is -11.6. The summed E-state index contributed by atoms with van der Waals surface area (Å²) in [4.78, 5) is 58.1. The number of nitro groups is 4. The van der Waals surface area contributed by atoms with Crippen LogP contribution >= 0.6 is 0 Å². The van der Waals surface area contributed by atoms with Crippen molar-refractivity contribution in [2.45, 2.75) is 0 Å². The molecule has 24 heteroatoms. The highest BCUT2D eigenvalue weighted by Crippen LogP contribution is 2.35. The van der Waals surface area contributed by atoms with E-state index in [1.165, 1.54) is 126 Å². The lowest BCUT2D eigenvalue weighted by Gasteiger charge is -2.02. The Morgan fingerprint density at radius 1 is 0.325 bits per heavy atom. The highest BCUT2D eigenvalue weighted by Gasteiger charge is 2.18. The normalized spacial score (nSPS) is 10.7. The molecule has 8 aromatic carbocycles. The maximum absolute atomic E-state index is 11.0. The highest BCUT2D eigenvalue weighted by atomic mass is 16.6. The molecule has 0 radical (unpaired) electrons. The minimum Gasteiger partial charge on any atom is -0.507 e. The van der Waals surface area contributed by atoms with Crippen molar-refractivity contribution in [2.75, 3.05) is 28.4 Å². The second-order valence-electron chi connectivity index (χ2n) is 15.7. The van der Waals surface area contributed by atoms with Crippen molar-refractivity contribution in [1.82, 2.24) is 0 Å². The number of ether oxygens (including phenoxy) is 4. The van der Waals surface area contributed by atoms with Gasteiger partial charge >= 0.3 is 0 Å². The van der Waals surface area contributed by atoms with Crippen LogP contribution < -0.4 is 18.9 Å². The molecule has 0 unspecified atom stereocenters. The summed E-state index contributed by atoms with van der Waals surface area (Å²) in [6.07, 6.45) is 5.52. The van der Waals surface area contributed by atoms with Crippen LogP contribution in [0.1, 0.15) is 22.3 Å². The fourth-order valence-electron chi connectivity index (χ4n) is 6.49. The molecule has 0 aliphatic carbocycles. The lowest BCUT2D eigenvalue weighted by Crippen LogP contribution is -1.91. The standard InChI is InChI=1S/4C14H12N2O4/c4*1-20-11-6-7-12(13(8-11)16(18)19)15-9-10-4-2-3-5-14(10)17/h4*2-9,17H,1H3. The Labute approximate surface area is 455 Å². The molecule has 0 heterocycles. The van der Waals surface area contributed by atoms with Gasteiger partial charge in [-0.3, -0.25) is 40.5 Å². The van der Waals surface area contributed by atoms with Crippen LogP contribution in [0.2, 0.25) is 0 Å². The number of phenols is 4. The van der Waals surface area contributed by atoms with Gasteiger partial charge in [-0.25, -0.2) is 20.0 Å². The molecule has 4 N–H and O–H groups in total. The zero-order valence-electron chi connectivity index (χ0n) is 42.7. The van der Waals surface area contributed by atoms with E-state index in [-0.39, 0.29) is 68.5 Å². The van der Waals surface area contributed by atoms with Crippen molar-refractivity contribution in [3.8, 4) is 46.0 Å². The molecule has 0 amide bonds. The Kier molecular flexibility index (Phi) is 21.9. The Morgan fingerprint density at radius 2 is 0.512 bits per heavy atom. The molecular weight excluding hydrogens is 1040 g/mol. The summed E-state index contributed by atoms with van der Waals surface area (Å²) in [7, 11) is 5.74. The molecule has 0 saturated carbocycles. The third-order valence-electron chi connectivity index (χ3n) is 10.6. The first-order valence-electron chi connectivity index (χ1n) is 23.0. The van der Waals surface area contributed by atoms with Crippen LogP contribution in [0.5, 0.6) is 46.0 Å². The fourth-order valence-corrected chi connectivity index (χ4v) is 6.49. The lowest BCUT2D eigenvalue weighted by molar-refractivity contribution is -0.384. The topological polar surface area (TPSA) is 340 Å². The minimum atomic E-state index is -0.528. The van der Waals surface area contributed by atoms with Gasteiger partial charge in [-0.2, -0.15) is 0 Å². The number of aliphatic imine (C=N–C) groups is 4. The lowest BCUT2D eigenvalue weighted by atomic mass is 10.2. The first-order chi connectivity index (χ1) is 38.5. The largest absolute Gasteiger partial charge is 0.507 e. The number of aromatic hydroxyl groups is 4. The molecule has 0 aliphatic heterocycles. The SMILES string of the molecule is COc1ccc(N=Cc2ccccc2O)c([N+](=O)[O-])c1.COc1ccc(N=Cc2ccccc2O)c([N+](=O)[O-])c1.COc1ccc(N=Cc2ccccc2O)c([N+](=O)[O-])c1.COc1ccc(N=Cc2ccccc2O)c([N+](=O)[O-])c1. The Morgan fingerprint density at radius 3 is 0.675 bits per heavy atom. The minimum absolute atomic E-state index is 0.0624. The summed E-state index contributed by atoms with van der Waals surface area (Å²) in [5, 5.41) is 82.4. The maximum Gasteiger partial charge on any atom is 0.298 e. The van der Waals surface area contributed by atoms with Gasteiger partial charge in [0.25, 0.3) is 22.7 Å². The number of nitrogens with zero attached hydrogens (tertiary/aromatic N) is 8. The monoisotopic (exact) mass is 1090 g/mol. The van der Waals surface area contributed by atoms with Crippen LogP contribution in [-0.4, -0.2) is 93.4 Å². The average molecular weight is 1090 g/mol. The van der Waals surface area contributed by atoms with Crippen LogP contribution in [0.4, 0.5) is 45.5 Å². The highest BCUT2D eigenvalue weighted by molar-refractivity contribution is 5.88. The number of benzene rings is 8. The van der Waals surface area contributed by atoms with E-state index in [0.29, 0.717) is 45.3 Å². The predicted molar refractivity (Wildman–Crippen MR) is 300 cm³/mol. The third kappa shape index (κ3) is 17.2. The smallest absolute Gasteiger partial charge is 0.298 e. The molecule has 24 nitrogen and oxygen atoms in total. The molecule has 0 atom stereocenters. The second-order valence-corrected chi connectivity index (χ2v) is 15.7. The quantitative estimate of drug-likeness (QED) is 0.0397. The van der Waals surface area contributed by atoms with Gasteiger partial charge in [-0.15, -0.1) is 0 Å². The number of hydrogen-bond acceptors (Lipinski definition) is 20. The number of hydrogen-bond donors (Lipinski definition) is 4. The summed E-state index contributed by atoms with van der Waals surface area (Å²) in [5.74, 6) is 1.80. The Bertz CT molecular complexity index is 3140. The summed E-state index contributed by atoms with van der Waals surface area (Å²) in [6.45, 7) is 0. The fraction of sp³-hybridized carbons (Fsp3) is 0.0714. The van der Waals surface area contributed by atoms with Crippen molar-refractivity contribution in [2.24, 2.45) is 20.0 Å². The molecule has 0 aromatic heterocycles. The predicted octanol–water partition coefficient (Wildman–Crippen LogP) is 12.2. The van der Waals surface area contributed by atoms with Crippen molar-refractivity contribution in [1.29, 1.82) is 0 Å². The van der Waals surface area contributed by atoms with Gasteiger partial charge in [0, 0.05) is 47.1 Å². The van der Waals surface area contributed by atoms with Gasteiger partial charge in [0.15, 0.2) is 0 Å². The van der Waals surface area contributed by atoms with Crippen molar-refractivity contribution in [3.05, 3.63) is 233 Å². The Balaban J connectivity index is 0.000000196. The van der Waals surface area contributed by atoms with E-state index in [9.17, 15) is 60.9 Å². The third-order valence-corrected chi connectivity index (χ3v) is 10.6. The van der Waals surface area contributed by atoms with Crippen molar-refractivity contribution < 1.29 is 59.1 Å². The van der Waals surface area contributed by atoms with Crippen LogP contribution in [0.3, 0.4) is 0 Å². The van der Waals surface area contributed by atoms with E-state index in [1.807, 2.05) is 0 Å². The van der Waals surface area contributed by atoms with Gasteiger partial charge < -0.3 is 39.4 Å². The molecule has 80 heavy (non-hydrogen) atoms. The zero-order chi connectivity index (χ0) is 58.1. The van der Waals surface area contributed by atoms with Gasteiger partial charge in [-0.05, 0) is 97.1 Å². The summed E-state index contributed by atoms with van der Waals surface area (Å²) >= 11 is 0. The molecule has 0 bridgehead atoms. The van der Waals surface area contributed by atoms with Gasteiger partial charge in [0.05, 0.1) is 72.4 Å². The first-order valence-corrected chi connectivity index (χ1v) is 23.0. The number of phenolic OH excluding ortho intramolecular Hbond substituents is 4. The van der Waals surface area contributed by atoms with E-state index in [1.54, 1.807) is 97.1 Å². The first kappa shape index (κ1) is 59.3. The van der Waals surface area contributed by atoms with Gasteiger partial charge in [0.1, 0.15) is 68.7 Å². The number of nitro benzene ring substituents is 4. The summed E-state index contributed by atoms with van der Waals surface area (Å²) in [5.41, 5.74) is 2.08. The van der Waals surface area contributed by atoms with E-state index in [2.05, 4.69) is 20.0 Å². The molecule has 408 valence electrons. The van der Waals surface area contributed by atoms with Crippen molar-refractivity contribution >= 4 is 70.4 Å². The molecule has 0 aliphatic rings. The van der Waals surface area contributed by atoms with E-state index in [0.717, 1.165) is 0 Å². The van der Waals surface area contributed by atoms with Crippen LogP contribution in [0.25, 0.3) is 0 Å². The number of rotatable bonds is 16. The molecule has 0 spiro atoms. The van der Waals surface area contributed by atoms with Gasteiger partial charge in [-0.1, -0.05) is 48.5 Å². The van der Waals surface area contributed by atoms with Crippen molar-refractivity contribution in [3.63, 3.8) is 0 Å². The van der Waals surface area contributed by atoms with E-state index >= 15 is 0 Å². The van der Waals surface area contributed by atoms with Crippen LogP contribution in [0, 0.1) is 40.5 Å². The summed E-state index contributed by atoms with van der Waals surface area (Å²) in [6, 6.07) is 43.9. The van der Waals surface area contributed by atoms with E-state index in [4.69, 9.17) is 18.9 Å².